The number of amides is 1. The molecule has 132 valence electrons. The van der Waals surface area contributed by atoms with Crippen LogP contribution in [0.1, 0.15) is 50.7 Å². The van der Waals surface area contributed by atoms with Gasteiger partial charge in [0, 0.05) is 18.5 Å². The van der Waals surface area contributed by atoms with Gasteiger partial charge in [-0.2, -0.15) is 0 Å². The fourth-order valence-corrected chi connectivity index (χ4v) is 2.54. The third kappa shape index (κ3) is 9.09. The first-order valence-electron chi connectivity index (χ1n) is 7.80. The molecule has 23 heavy (non-hydrogen) atoms. The molecule has 3 N–H and O–H groups in total. The molecule has 0 atom stereocenters. The molecule has 0 fully saturated rings. The number of carbonyl (C=O) groups is 1. The lowest BCUT2D eigenvalue weighted by Gasteiger charge is -2.10. The molecule has 1 amide bonds. The van der Waals surface area contributed by atoms with Gasteiger partial charge in [0.05, 0.1) is 12.2 Å². The van der Waals surface area contributed by atoms with E-state index in [0.29, 0.717) is 25.0 Å². The van der Waals surface area contributed by atoms with Crippen LogP contribution >= 0.6 is 35.3 Å². The zero-order valence-electron chi connectivity index (χ0n) is 14.3. The molecule has 1 rings (SSSR count). The second-order valence-corrected chi connectivity index (χ2v) is 6.16. The number of thiazole rings is 1. The Hall–Kier alpha value is -0.900. The zero-order valence-corrected chi connectivity index (χ0v) is 17.5. The molecule has 0 aliphatic heterocycles. The van der Waals surface area contributed by atoms with E-state index in [-0.39, 0.29) is 36.4 Å². The number of halogens is 1. The number of hydrogen-bond acceptors (Lipinski definition) is 4. The Morgan fingerprint density at radius 3 is 2.61 bits per heavy atom. The second-order valence-electron chi connectivity index (χ2n) is 5.22. The topological polar surface area (TPSA) is 78.4 Å². The lowest BCUT2D eigenvalue weighted by atomic mass is 10.2. The zero-order chi connectivity index (χ0) is 16.4. The van der Waals surface area contributed by atoms with E-state index < -0.39 is 0 Å². The van der Waals surface area contributed by atoms with Crippen LogP contribution in [0, 0.1) is 0 Å². The van der Waals surface area contributed by atoms with Crippen molar-refractivity contribution in [3.63, 3.8) is 0 Å². The van der Waals surface area contributed by atoms with Crippen LogP contribution in [0.15, 0.2) is 10.4 Å². The van der Waals surface area contributed by atoms with E-state index in [4.69, 9.17) is 0 Å². The number of hydrogen-bond donors (Lipinski definition) is 3. The number of aromatic nitrogens is 1. The largest absolute Gasteiger partial charge is 0.357 e. The van der Waals surface area contributed by atoms with Gasteiger partial charge in [0.15, 0.2) is 5.96 Å². The van der Waals surface area contributed by atoms with E-state index in [9.17, 15) is 4.79 Å². The van der Waals surface area contributed by atoms with E-state index in [1.807, 2.05) is 13.8 Å². The molecule has 0 radical (unpaired) electrons. The van der Waals surface area contributed by atoms with Gasteiger partial charge in [0.2, 0.25) is 5.91 Å². The van der Waals surface area contributed by atoms with E-state index in [1.54, 1.807) is 11.3 Å². The summed E-state index contributed by atoms with van der Waals surface area (Å²) in [6, 6.07) is 0. The van der Waals surface area contributed by atoms with Crippen molar-refractivity contribution in [1.29, 1.82) is 0 Å². The molecule has 8 heteroatoms. The highest BCUT2D eigenvalue weighted by atomic mass is 127. The summed E-state index contributed by atoms with van der Waals surface area (Å²) in [6.07, 6.45) is 0.927. The molecule has 0 aliphatic carbocycles. The number of rotatable bonds is 8. The molecule has 1 aromatic rings. The van der Waals surface area contributed by atoms with Crippen LogP contribution in [-0.2, 0) is 11.3 Å². The van der Waals surface area contributed by atoms with E-state index in [1.165, 1.54) is 0 Å². The number of guanidine groups is 1. The first-order valence-corrected chi connectivity index (χ1v) is 8.67. The van der Waals surface area contributed by atoms with Crippen LogP contribution in [0.25, 0.3) is 0 Å². The summed E-state index contributed by atoms with van der Waals surface area (Å²) in [4.78, 5) is 20.4. The van der Waals surface area contributed by atoms with Gasteiger partial charge in [-0.15, -0.1) is 35.3 Å². The van der Waals surface area contributed by atoms with Crippen molar-refractivity contribution in [2.45, 2.75) is 46.6 Å². The molecule has 1 heterocycles. The molecule has 0 bridgehead atoms. The summed E-state index contributed by atoms with van der Waals surface area (Å²) >= 11 is 1.64. The van der Waals surface area contributed by atoms with Gasteiger partial charge in [-0.05, 0) is 19.3 Å². The van der Waals surface area contributed by atoms with Crippen LogP contribution in [-0.4, -0.2) is 36.5 Å². The minimum atomic E-state index is -0.0598. The van der Waals surface area contributed by atoms with Gasteiger partial charge < -0.3 is 16.0 Å². The predicted molar refractivity (Wildman–Crippen MR) is 108 cm³/mol. The molecular formula is C15H28IN5OS. The molecular weight excluding hydrogens is 425 g/mol. The molecule has 0 saturated carbocycles. The highest BCUT2D eigenvalue weighted by Crippen LogP contribution is 2.17. The van der Waals surface area contributed by atoms with Crippen LogP contribution in [0.5, 0.6) is 0 Å². The molecule has 0 unspecified atom stereocenters. The quantitative estimate of drug-likeness (QED) is 0.321. The average molecular weight is 453 g/mol. The molecule has 0 aliphatic rings. The minimum Gasteiger partial charge on any atom is -0.357 e. The van der Waals surface area contributed by atoms with Crippen molar-refractivity contribution in [1.82, 2.24) is 20.9 Å². The lowest BCUT2D eigenvalue weighted by molar-refractivity contribution is -0.119. The van der Waals surface area contributed by atoms with Crippen molar-refractivity contribution in [3.05, 3.63) is 16.1 Å². The number of carbonyl (C=O) groups excluding carboxylic acids is 1. The fraction of sp³-hybridized carbons (Fsp3) is 0.667. The lowest BCUT2D eigenvalue weighted by Crippen LogP contribution is -2.38. The third-order valence-electron chi connectivity index (χ3n) is 2.87. The molecule has 1 aromatic heterocycles. The summed E-state index contributed by atoms with van der Waals surface area (Å²) in [5, 5.41) is 12.3. The predicted octanol–water partition coefficient (Wildman–Crippen LogP) is 2.47. The van der Waals surface area contributed by atoms with Gasteiger partial charge >= 0.3 is 0 Å². The van der Waals surface area contributed by atoms with Crippen LogP contribution in [0.2, 0.25) is 0 Å². The van der Waals surface area contributed by atoms with E-state index >= 15 is 0 Å². The summed E-state index contributed by atoms with van der Waals surface area (Å²) in [6.45, 7) is 10.5. The Morgan fingerprint density at radius 2 is 2.04 bits per heavy atom. The molecule has 6 nitrogen and oxygen atoms in total. The standard InChI is InChI=1S/C15H27N5OS.HI/c1-5-7-17-13(21)8-18-15(16-6-2)19-9-14-20-12(10-22-14)11(3)4;/h10-11H,5-9H2,1-4H3,(H,17,21)(H2,16,18,19);1H. The fourth-order valence-electron chi connectivity index (χ4n) is 1.64. The monoisotopic (exact) mass is 453 g/mol. The summed E-state index contributed by atoms with van der Waals surface area (Å²) in [5.41, 5.74) is 1.11. The maximum absolute atomic E-state index is 11.6. The first kappa shape index (κ1) is 22.1. The summed E-state index contributed by atoms with van der Waals surface area (Å²) in [5.74, 6) is 1.01. The summed E-state index contributed by atoms with van der Waals surface area (Å²) in [7, 11) is 0. The normalized spacial score (nSPS) is 11.1. The highest BCUT2D eigenvalue weighted by Gasteiger charge is 2.07. The van der Waals surface area contributed by atoms with Gasteiger partial charge in [-0.25, -0.2) is 9.98 Å². The van der Waals surface area contributed by atoms with Crippen molar-refractivity contribution < 1.29 is 4.79 Å². The SMILES string of the molecule is CCCNC(=O)CN=C(NCC)NCc1nc(C(C)C)cs1.I. The molecule has 0 aromatic carbocycles. The van der Waals surface area contributed by atoms with E-state index in [2.05, 4.69) is 45.2 Å². The van der Waals surface area contributed by atoms with Crippen molar-refractivity contribution in [2.24, 2.45) is 4.99 Å². The number of aliphatic imine (C=N–C) groups is 1. The highest BCUT2D eigenvalue weighted by molar-refractivity contribution is 14.0. The minimum absolute atomic E-state index is 0. The number of nitrogens with one attached hydrogen (secondary N) is 3. The third-order valence-corrected chi connectivity index (χ3v) is 3.73. The Balaban J connectivity index is 0.00000484. The summed E-state index contributed by atoms with van der Waals surface area (Å²) < 4.78 is 0. The van der Waals surface area contributed by atoms with Crippen LogP contribution < -0.4 is 16.0 Å². The maximum Gasteiger partial charge on any atom is 0.241 e. The molecule has 0 spiro atoms. The average Bonchev–Trinajstić information content (AvgIpc) is 2.97. The van der Waals surface area contributed by atoms with Gasteiger partial charge in [0.25, 0.3) is 0 Å². The Morgan fingerprint density at radius 1 is 1.30 bits per heavy atom. The maximum atomic E-state index is 11.6. The smallest absolute Gasteiger partial charge is 0.241 e. The van der Waals surface area contributed by atoms with Crippen molar-refractivity contribution >= 4 is 47.2 Å². The number of nitrogens with zero attached hydrogens (tertiary/aromatic N) is 2. The van der Waals surface area contributed by atoms with Crippen LogP contribution in [0.4, 0.5) is 0 Å². The van der Waals surface area contributed by atoms with Gasteiger partial charge in [0.1, 0.15) is 11.6 Å². The van der Waals surface area contributed by atoms with Gasteiger partial charge in [-0.1, -0.05) is 20.8 Å². The first-order chi connectivity index (χ1) is 10.6. The van der Waals surface area contributed by atoms with E-state index in [0.717, 1.165) is 23.7 Å². The van der Waals surface area contributed by atoms with Crippen LogP contribution in [0.3, 0.4) is 0 Å². The van der Waals surface area contributed by atoms with Crippen molar-refractivity contribution in [3.8, 4) is 0 Å². The Bertz CT molecular complexity index is 490. The molecule has 0 saturated heterocycles. The second kappa shape index (κ2) is 12.5. The van der Waals surface area contributed by atoms with Crippen molar-refractivity contribution in [2.75, 3.05) is 19.6 Å². The van der Waals surface area contributed by atoms with Gasteiger partial charge in [-0.3, -0.25) is 4.79 Å². The Kier molecular flexibility index (Phi) is 12.0. The Labute approximate surface area is 160 Å².